The average molecular weight is 295 g/mol. The first kappa shape index (κ1) is 14.2. The highest BCUT2D eigenvalue weighted by atomic mass is 16.3. The average Bonchev–Trinajstić information content (AvgIpc) is 2.55. The Morgan fingerprint density at radius 2 is 1.82 bits per heavy atom. The maximum atomic E-state index is 9.70. The van der Waals surface area contributed by atoms with E-state index in [1.54, 1.807) is 18.5 Å². The minimum Gasteiger partial charge on any atom is -0.508 e. The molecule has 0 atom stereocenters. The van der Waals surface area contributed by atoms with Gasteiger partial charge in [-0.3, -0.25) is 0 Å². The molecular formula is C16H17N5O. The number of nitrogens with zero attached hydrogens (tertiary/aromatic N) is 4. The van der Waals surface area contributed by atoms with E-state index in [9.17, 15) is 5.11 Å². The molecule has 2 heterocycles. The van der Waals surface area contributed by atoms with Crippen molar-refractivity contribution in [3.8, 4) is 5.75 Å². The maximum absolute atomic E-state index is 9.70. The van der Waals surface area contributed by atoms with Gasteiger partial charge in [0.2, 0.25) is 0 Å². The summed E-state index contributed by atoms with van der Waals surface area (Å²) < 4.78 is 0. The predicted octanol–water partition coefficient (Wildman–Crippen LogP) is 2.40. The van der Waals surface area contributed by atoms with Crippen LogP contribution in [0.15, 0.2) is 30.9 Å². The van der Waals surface area contributed by atoms with Crippen molar-refractivity contribution in [2.45, 2.75) is 20.3 Å². The number of benzene rings is 1. The van der Waals surface area contributed by atoms with Gasteiger partial charge in [-0.15, -0.1) is 0 Å². The Morgan fingerprint density at radius 3 is 2.68 bits per heavy atom. The van der Waals surface area contributed by atoms with Crippen LogP contribution < -0.4 is 5.32 Å². The van der Waals surface area contributed by atoms with Gasteiger partial charge in [-0.2, -0.15) is 0 Å². The molecule has 0 saturated heterocycles. The molecule has 6 heteroatoms. The summed E-state index contributed by atoms with van der Waals surface area (Å²) in [6.45, 7) is 4.67. The van der Waals surface area contributed by atoms with Gasteiger partial charge in [0.25, 0.3) is 0 Å². The van der Waals surface area contributed by atoms with E-state index in [0.717, 1.165) is 17.5 Å². The predicted molar refractivity (Wildman–Crippen MR) is 84.9 cm³/mol. The number of hydrogen-bond donors (Lipinski definition) is 2. The van der Waals surface area contributed by atoms with Crippen LogP contribution in [0.2, 0.25) is 0 Å². The summed E-state index contributed by atoms with van der Waals surface area (Å²) in [5.74, 6) is 1.03. The van der Waals surface area contributed by atoms with Crippen molar-refractivity contribution in [2.75, 3.05) is 11.9 Å². The Hall–Kier alpha value is -2.76. The van der Waals surface area contributed by atoms with Crippen molar-refractivity contribution in [3.63, 3.8) is 0 Å². The second kappa shape index (κ2) is 5.93. The smallest absolute Gasteiger partial charge is 0.183 e. The SMILES string of the molecule is Cc1c(O)ccc(CCNc2ncnc3nccnc23)c1C. The van der Waals surface area contributed by atoms with Crippen LogP contribution >= 0.6 is 0 Å². The molecule has 0 amide bonds. The standard InChI is InChI=1S/C16H17N5O/c1-10-11(2)13(22)4-3-12(10)5-6-18-15-14-16(21-9-20-15)19-8-7-17-14/h3-4,7-9,22H,5-6H2,1-2H3,(H,18,19,20,21). The van der Waals surface area contributed by atoms with Crippen LogP contribution in [0.3, 0.4) is 0 Å². The summed E-state index contributed by atoms with van der Waals surface area (Å²) in [6, 6.07) is 3.69. The van der Waals surface area contributed by atoms with Crippen LogP contribution in [0.4, 0.5) is 5.82 Å². The minimum atomic E-state index is 0.339. The first-order valence-corrected chi connectivity index (χ1v) is 7.10. The third kappa shape index (κ3) is 2.67. The first-order valence-electron chi connectivity index (χ1n) is 7.10. The summed E-state index contributed by atoms with van der Waals surface area (Å²) >= 11 is 0. The van der Waals surface area contributed by atoms with Gasteiger partial charge in [-0.25, -0.2) is 19.9 Å². The molecule has 0 spiro atoms. The van der Waals surface area contributed by atoms with Crippen molar-refractivity contribution >= 4 is 17.0 Å². The van der Waals surface area contributed by atoms with Gasteiger partial charge in [-0.1, -0.05) is 6.07 Å². The first-order chi connectivity index (χ1) is 10.7. The molecule has 0 radical (unpaired) electrons. The number of aromatic nitrogens is 4. The van der Waals surface area contributed by atoms with Crippen LogP contribution in [0.1, 0.15) is 16.7 Å². The van der Waals surface area contributed by atoms with E-state index in [1.165, 1.54) is 11.9 Å². The zero-order valence-corrected chi connectivity index (χ0v) is 12.5. The van der Waals surface area contributed by atoms with Gasteiger partial charge in [0.15, 0.2) is 11.5 Å². The molecule has 22 heavy (non-hydrogen) atoms. The topological polar surface area (TPSA) is 83.8 Å². The van der Waals surface area contributed by atoms with Crippen LogP contribution in [0.5, 0.6) is 5.75 Å². The molecular weight excluding hydrogens is 278 g/mol. The zero-order chi connectivity index (χ0) is 15.5. The highest BCUT2D eigenvalue weighted by molar-refractivity contribution is 5.81. The van der Waals surface area contributed by atoms with Crippen LogP contribution in [-0.4, -0.2) is 31.6 Å². The molecule has 2 aromatic heterocycles. The fourth-order valence-electron chi connectivity index (χ4n) is 2.37. The van der Waals surface area contributed by atoms with E-state index in [1.807, 2.05) is 19.9 Å². The normalized spacial score (nSPS) is 10.8. The Kier molecular flexibility index (Phi) is 3.82. The number of phenols is 1. The minimum absolute atomic E-state index is 0.339. The molecule has 0 saturated carbocycles. The highest BCUT2D eigenvalue weighted by Gasteiger charge is 2.07. The molecule has 0 aliphatic heterocycles. The third-order valence-corrected chi connectivity index (χ3v) is 3.83. The molecule has 1 aromatic carbocycles. The molecule has 0 unspecified atom stereocenters. The van der Waals surface area contributed by atoms with E-state index in [2.05, 4.69) is 25.3 Å². The van der Waals surface area contributed by atoms with Gasteiger partial charge in [-0.05, 0) is 43.0 Å². The van der Waals surface area contributed by atoms with Crippen molar-refractivity contribution in [3.05, 3.63) is 47.5 Å². The fraction of sp³-hybridized carbons (Fsp3) is 0.250. The van der Waals surface area contributed by atoms with E-state index < -0.39 is 0 Å². The lowest BCUT2D eigenvalue weighted by molar-refractivity contribution is 0.470. The summed E-state index contributed by atoms with van der Waals surface area (Å²) in [4.78, 5) is 16.7. The second-order valence-electron chi connectivity index (χ2n) is 5.12. The van der Waals surface area contributed by atoms with Crippen LogP contribution in [0, 0.1) is 13.8 Å². The summed E-state index contributed by atoms with van der Waals surface area (Å²) in [5, 5.41) is 13.0. The van der Waals surface area contributed by atoms with Gasteiger partial charge in [0, 0.05) is 18.9 Å². The Morgan fingerprint density at radius 1 is 1.00 bits per heavy atom. The van der Waals surface area contributed by atoms with E-state index >= 15 is 0 Å². The molecule has 6 nitrogen and oxygen atoms in total. The molecule has 0 bridgehead atoms. The lowest BCUT2D eigenvalue weighted by Crippen LogP contribution is -2.09. The molecule has 0 aliphatic carbocycles. The fourth-order valence-corrected chi connectivity index (χ4v) is 2.37. The Labute approximate surface area is 128 Å². The Balaban J connectivity index is 1.74. The number of rotatable bonds is 4. The van der Waals surface area contributed by atoms with Crippen molar-refractivity contribution in [2.24, 2.45) is 0 Å². The van der Waals surface area contributed by atoms with Gasteiger partial charge in [0.1, 0.15) is 17.6 Å². The maximum Gasteiger partial charge on any atom is 0.183 e. The van der Waals surface area contributed by atoms with Crippen molar-refractivity contribution in [1.29, 1.82) is 0 Å². The number of phenolic OH excluding ortho intramolecular Hbond substituents is 1. The van der Waals surface area contributed by atoms with Gasteiger partial charge < -0.3 is 10.4 Å². The van der Waals surface area contributed by atoms with Crippen LogP contribution in [-0.2, 0) is 6.42 Å². The number of hydrogen-bond acceptors (Lipinski definition) is 6. The Bertz CT molecular complexity index is 813. The van der Waals surface area contributed by atoms with Gasteiger partial charge >= 0.3 is 0 Å². The second-order valence-corrected chi connectivity index (χ2v) is 5.12. The van der Waals surface area contributed by atoms with Crippen LogP contribution in [0.25, 0.3) is 11.2 Å². The lowest BCUT2D eigenvalue weighted by Gasteiger charge is -2.11. The molecule has 3 aromatic rings. The van der Waals surface area contributed by atoms with Crippen molar-refractivity contribution in [1.82, 2.24) is 19.9 Å². The monoisotopic (exact) mass is 295 g/mol. The quantitative estimate of drug-likeness (QED) is 0.769. The lowest BCUT2D eigenvalue weighted by atomic mass is 10.00. The molecule has 0 aliphatic rings. The third-order valence-electron chi connectivity index (χ3n) is 3.83. The highest BCUT2D eigenvalue weighted by Crippen LogP contribution is 2.23. The van der Waals surface area contributed by atoms with Gasteiger partial charge in [0.05, 0.1) is 0 Å². The summed E-state index contributed by atoms with van der Waals surface area (Å²) in [7, 11) is 0. The molecule has 112 valence electrons. The molecule has 3 rings (SSSR count). The number of anilines is 1. The number of nitrogens with one attached hydrogen (secondary N) is 1. The summed E-state index contributed by atoms with van der Waals surface area (Å²) in [6.07, 6.45) is 5.56. The van der Waals surface area contributed by atoms with E-state index in [0.29, 0.717) is 29.3 Å². The molecule has 2 N–H and O–H groups in total. The van der Waals surface area contributed by atoms with E-state index in [-0.39, 0.29) is 0 Å². The van der Waals surface area contributed by atoms with E-state index in [4.69, 9.17) is 0 Å². The number of fused-ring (bicyclic) bond motifs is 1. The summed E-state index contributed by atoms with van der Waals surface area (Å²) in [5.41, 5.74) is 4.50. The molecule has 0 fully saturated rings. The largest absolute Gasteiger partial charge is 0.508 e. The van der Waals surface area contributed by atoms with Crippen molar-refractivity contribution < 1.29 is 5.11 Å². The zero-order valence-electron chi connectivity index (χ0n) is 12.5. The number of aromatic hydroxyl groups is 1.